The maximum absolute atomic E-state index is 5.64. The summed E-state index contributed by atoms with van der Waals surface area (Å²) in [5.41, 5.74) is 5.85. The molecule has 1 unspecified atom stereocenters. The van der Waals surface area contributed by atoms with Crippen molar-refractivity contribution in [3.05, 3.63) is 57.8 Å². The Balaban J connectivity index is 1.56. The second kappa shape index (κ2) is 5.65. The van der Waals surface area contributed by atoms with E-state index in [1.807, 2.05) is 29.5 Å². The van der Waals surface area contributed by atoms with Crippen molar-refractivity contribution in [3.63, 3.8) is 0 Å². The van der Waals surface area contributed by atoms with Crippen LogP contribution in [0.1, 0.15) is 34.9 Å². The third-order valence-electron chi connectivity index (χ3n) is 3.36. The molecule has 0 bridgehead atoms. The van der Waals surface area contributed by atoms with Crippen LogP contribution in [0.25, 0.3) is 0 Å². The summed E-state index contributed by atoms with van der Waals surface area (Å²) in [6.07, 6.45) is 3.64. The monoisotopic (exact) mass is 259 g/mol. The van der Waals surface area contributed by atoms with Crippen molar-refractivity contribution in [2.24, 2.45) is 0 Å². The summed E-state index contributed by atoms with van der Waals surface area (Å²) in [6.45, 7) is 0.622. The van der Waals surface area contributed by atoms with E-state index in [1.165, 1.54) is 35.3 Å². The maximum atomic E-state index is 5.64. The van der Waals surface area contributed by atoms with Crippen LogP contribution in [0.5, 0.6) is 0 Å². The van der Waals surface area contributed by atoms with Crippen LogP contribution < -0.4 is 5.48 Å². The van der Waals surface area contributed by atoms with Crippen LogP contribution in [-0.2, 0) is 17.9 Å². The van der Waals surface area contributed by atoms with E-state index in [2.05, 4.69) is 29.1 Å². The molecule has 0 saturated carbocycles. The van der Waals surface area contributed by atoms with Gasteiger partial charge in [0.15, 0.2) is 0 Å². The van der Waals surface area contributed by atoms with Gasteiger partial charge in [-0.1, -0.05) is 30.3 Å². The Morgan fingerprint density at radius 3 is 3.00 bits per heavy atom. The Hall–Kier alpha value is -1.16. The number of thiophene rings is 1. The molecular weight excluding hydrogens is 242 g/mol. The minimum Gasteiger partial charge on any atom is -0.296 e. The molecule has 1 aliphatic carbocycles. The molecule has 0 spiro atoms. The number of hydrogen-bond acceptors (Lipinski definition) is 3. The molecule has 0 amide bonds. The molecule has 0 saturated heterocycles. The van der Waals surface area contributed by atoms with Gasteiger partial charge in [0.25, 0.3) is 0 Å². The number of fused-ring (bicyclic) bond motifs is 1. The number of aryl methyl sites for hydroxylation is 1. The molecule has 3 heteroatoms. The lowest BCUT2D eigenvalue weighted by Crippen LogP contribution is -2.24. The molecule has 1 N–H and O–H groups in total. The Kier molecular flexibility index (Phi) is 3.74. The third kappa shape index (κ3) is 2.64. The lowest BCUT2D eigenvalue weighted by Gasteiger charge is -2.23. The fraction of sp³-hybridized carbons (Fsp3) is 0.333. The molecule has 1 aromatic heterocycles. The normalized spacial score (nSPS) is 18.6. The number of hydrogen-bond donors (Lipinski definition) is 1. The summed E-state index contributed by atoms with van der Waals surface area (Å²) >= 11 is 1.86. The molecule has 1 atom stereocenters. The standard InChI is InChI=1S/C15H17NOS/c1-2-5-12(6-3-1)11-17-16-14-7-4-8-15-13(14)9-10-18-15/h1-3,5-6,9-10,14,16H,4,7-8,11H2. The van der Waals surface area contributed by atoms with Crippen molar-refractivity contribution in [1.82, 2.24) is 5.48 Å². The largest absolute Gasteiger partial charge is 0.296 e. The van der Waals surface area contributed by atoms with Gasteiger partial charge in [0.2, 0.25) is 0 Å². The molecule has 18 heavy (non-hydrogen) atoms. The van der Waals surface area contributed by atoms with Gasteiger partial charge in [-0.05, 0) is 41.8 Å². The van der Waals surface area contributed by atoms with Crippen LogP contribution in [0.4, 0.5) is 0 Å². The molecule has 0 aliphatic heterocycles. The fourth-order valence-electron chi connectivity index (χ4n) is 2.41. The van der Waals surface area contributed by atoms with E-state index in [-0.39, 0.29) is 0 Å². The van der Waals surface area contributed by atoms with Crippen molar-refractivity contribution in [2.45, 2.75) is 31.9 Å². The lowest BCUT2D eigenvalue weighted by molar-refractivity contribution is -0.000686. The zero-order valence-corrected chi connectivity index (χ0v) is 11.1. The van der Waals surface area contributed by atoms with Gasteiger partial charge in [0.1, 0.15) is 0 Å². The van der Waals surface area contributed by atoms with Gasteiger partial charge >= 0.3 is 0 Å². The predicted molar refractivity (Wildman–Crippen MR) is 74.4 cm³/mol. The second-order valence-corrected chi connectivity index (χ2v) is 5.64. The highest BCUT2D eigenvalue weighted by atomic mass is 32.1. The quantitative estimate of drug-likeness (QED) is 0.842. The number of rotatable bonds is 4. The first kappa shape index (κ1) is 11.9. The van der Waals surface area contributed by atoms with Crippen molar-refractivity contribution >= 4 is 11.3 Å². The average Bonchev–Trinajstić information content (AvgIpc) is 2.89. The van der Waals surface area contributed by atoms with E-state index in [0.717, 1.165) is 0 Å². The van der Waals surface area contributed by atoms with Crippen LogP contribution in [-0.4, -0.2) is 0 Å². The van der Waals surface area contributed by atoms with Gasteiger partial charge in [-0.15, -0.1) is 11.3 Å². The molecule has 0 fully saturated rings. The predicted octanol–water partition coefficient (Wildman–Crippen LogP) is 3.85. The fourth-order valence-corrected chi connectivity index (χ4v) is 3.40. The number of hydroxylamine groups is 1. The van der Waals surface area contributed by atoms with Crippen molar-refractivity contribution in [2.75, 3.05) is 0 Å². The second-order valence-electron chi connectivity index (χ2n) is 4.64. The molecular formula is C15H17NOS. The maximum Gasteiger partial charge on any atom is 0.0933 e. The summed E-state index contributed by atoms with van der Waals surface area (Å²) in [6, 6.07) is 12.9. The zero-order valence-electron chi connectivity index (χ0n) is 10.3. The van der Waals surface area contributed by atoms with E-state index in [4.69, 9.17) is 4.84 Å². The summed E-state index contributed by atoms with van der Waals surface area (Å²) in [4.78, 5) is 7.16. The topological polar surface area (TPSA) is 21.3 Å². The van der Waals surface area contributed by atoms with Crippen LogP contribution in [0, 0.1) is 0 Å². The van der Waals surface area contributed by atoms with Crippen molar-refractivity contribution in [1.29, 1.82) is 0 Å². The minimum absolute atomic E-state index is 0.365. The Morgan fingerprint density at radius 2 is 2.11 bits per heavy atom. The molecule has 2 nitrogen and oxygen atoms in total. The van der Waals surface area contributed by atoms with E-state index in [9.17, 15) is 0 Å². The minimum atomic E-state index is 0.365. The highest BCUT2D eigenvalue weighted by molar-refractivity contribution is 7.10. The smallest absolute Gasteiger partial charge is 0.0933 e. The molecule has 1 aliphatic rings. The SMILES string of the molecule is c1ccc(CONC2CCCc3sccc32)cc1. The summed E-state index contributed by atoms with van der Waals surface area (Å²) < 4.78 is 0. The van der Waals surface area contributed by atoms with E-state index in [0.29, 0.717) is 12.6 Å². The van der Waals surface area contributed by atoms with E-state index >= 15 is 0 Å². The third-order valence-corrected chi connectivity index (χ3v) is 4.36. The Labute approximate surface area is 112 Å². The lowest BCUT2D eigenvalue weighted by atomic mass is 9.95. The van der Waals surface area contributed by atoms with Crippen LogP contribution >= 0.6 is 11.3 Å². The first-order valence-electron chi connectivity index (χ1n) is 6.41. The van der Waals surface area contributed by atoms with Crippen molar-refractivity contribution < 1.29 is 4.84 Å². The van der Waals surface area contributed by atoms with Crippen LogP contribution in [0.15, 0.2) is 41.8 Å². The molecule has 94 valence electrons. The first-order valence-corrected chi connectivity index (χ1v) is 7.29. The number of nitrogens with one attached hydrogen (secondary N) is 1. The highest BCUT2D eigenvalue weighted by Crippen LogP contribution is 2.33. The number of benzene rings is 1. The van der Waals surface area contributed by atoms with Crippen LogP contribution in [0.2, 0.25) is 0 Å². The summed E-state index contributed by atoms with van der Waals surface area (Å²) in [5, 5.41) is 2.18. The van der Waals surface area contributed by atoms with Gasteiger partial charge in [0.05, 0.1) is 12.6 Å². The van der Waals surface area contributed by atoms with E-state index < -0.39 is 0 Å². The van der Waals surface area contributed by atoms with Crippen molar-refractivity contribution in [3.8, 4) is 0 Å². The van der Waals surface area contributed by atoms with Gasteiger partial charge in [-0.25, -0.2) is 0 Å². The van der Waals surface area contributed by atoms with Gasteiger partial charge in [-0.3, -0.25) is 4.84 Å². The van der Waals surface area contributed by atoms with Gasteiger partial charge < -0.3 is 0 Å². The molecule has 3 rings (SSSR count). The molecule has 1 heterocycles. The molecule has 0 radical (unpaired) electrons. The Bertz CT molecular complexity index is 494. The van der Waals surface area contributed by atoms with E-state index in [1.54, 1.807) is 0 Å². The zero-order chi connectivity index (χ0) is 12.2. The average molecular weight is 259 g/mol. The highest BCUT2D eigenvalue weighted by Gasteiger charge is 2.20. The van der Waals surface area contributed by atoms with Gasteiger partial charge in [-0.2, -0.15) is 5.48 Å². The van der Waals surface area contributed by atoms with Crippen LogP contribution in [0.3, 0.4) is 0 Å². The van der Waals surface area contributed by atoms with Gasteiger partial charge in [0, 0.05) is 4.88 Å². The Morgan fingerprint density at radius 1 is 1.22 bits per heavy atom. The molecule has 2 aromatic rings. The summed E-state index contributed by atoms with van der Waals surface area (Å²) in [5.74, 6) is 0. The first-order chi connectivity index (χ1) is 8.93. The summed E-state index contributed by atoms with van der Waals surface area (Å²) in [7, 11) is 0. The molecule has 1 aromatic carbocycles.